The number of sulfonamides is 1. The monoisotopic (exact) mass is 382 g/mol. The van der Waals surface area contributed by atoms with E-state index >= 15 is 0 Å². The number of carboxylic acid groups (broad SMARTS) is 1. The van der Waals surface area contributed by atoms with Gasteiger partial charge in [-0.2, -0.15) is 4.31 Å². The lowest BCUT2D eigenvalue weighted by Crippen LogP contribution is -2.47. The Balaban J connectivity index is 1.80. The molecule has 9 heteroatoms. The maximum atomic E-state index is 12.8. The number of carbonyl (C=O) groups excluding carboxylic acids is 1. The maximum absolute atomic E-state index is 12.8. The molecule has 1 atom stereocenters. The van der Waals surface area contributed by atoms with E-state index in [9.17, 15) is 23.1 Å². The minimum absolute atomic E-state index is 0.00387. The number of morpholine rings is 1. The van der Waals surface area contributed by atoms with Gasteiger partial charge in [-0.15, -0.1) is 0 Å². The predicted molar refractivity (Wildman–Crippen MR) is 92.3 cm³/mol. The van der Waals surface area contributed by atoms with Gasteiger partial charge in [-0.25, -0.2) is 8.42 Å². The summed E-state index contributed by atoms with van der Waals surface area (Å²) < 4.78 is 31.9. The van der Waals surface area contributed by atoms with E-state index in [1.165, 1.54) is 24.3 Å². The molecule has 2 saturated heterocycles. The van der Waals surface area contributed by atoms with Crippen molar-refractivity contribution < 1.29 is 27.9 Å². The third-order valence-electron chi connectivity index (χ3n) is 4.74. The smallest absolute Gasteiger partial charge is 0.322 e. The van der Waals surface area contributed by atoms with Crippen LogP contribution in [0.2, 0.25) is 0 Å². The number of carboxylic acids is 1. The summed E-state index contributed by atoms with van der Waals surface area (Å²) in [5, 5.41) is 9.31. The van der Waals surface area contributed by atoms with E-state index in [1.54, 1.807) is 4.90 Å². The molecule has 0 aliphatic carbocycles. The summed E-state index contributed by atoms with van der Waals surface area (Å²) in [7, 11) is -3.92. The molecule has 2 heterocycles. The Morgan fingerprint density at radius 1 is 1.04 bits per heavy atom. The van der Waals surface area contributed by atoms with Gasteiger partial charge >= 0.3 is 5.97 Å². The topological polar surface area (TPSA) is 104 Å². The fourth-order valence-corrected chi connectivity index (χ4v) is 4.94. The number of piperidine rings is 1. The zero-order chi connectivity index (χ0) is 18.7. The van der Waals surface area contributed by atoms with Crippen LogP contribution < -0.4 is 0 Å². The van der Waals surface area contributed by atoms with Crippen LogP contribution in [0.5, 0.6) is 0 Å². The van der Waals surface area contributed by atoms with Crippen LogP contribution in [0, 0.1) is 0 Å². The SMILES string of the molecule is O=C(O)C1CCCCN1S(=O)(=O)c1ccc(C(=O)N2CCOCC2)cc1. The lowest BCUT2D eigenvalue weighted by molar-refractivity contribution is -0.142. The van der Waals surface area contributed by atoms with Crippen LogP contribution >= 0.6 is 0 Å². The van der Waals surface area contributed by atoms with Gasteiger partial charge in [-0.05, 0) is 43.5 Å². The standard InChI is InChI=1S/C17H22N2O6S/c20-16(18-9-11-25-12-10-18)13-4-6-14(7-5-13)26(23,24)19-8-2-1-3-15(19)17(21)22/h4-7,15H,1-3,8-12H2,(H,21,22). The summed E-state index contributed by atoms with van der Waals surface area (Å²) in [4.78, 5) is 25.5. The molecule has 26 heavy (non-hydrogen) atoms. The second-order valence-corrected chi connectivity index (χ2v) is 8.29. The normalized spacial score (nSPS) is 22.2. The van der Waals surface area contributed by atoms with Crippen molar-refractivity contribution >= 4 is 21.9 Å². The minimum atomic E-state index is -3.92. The van der Waals surface area contributed by atoms with Crippen LogP contribution in [-0.4, -0.2) is 73.5 Å². The third-order valence-corrected chi connectivity index (χ3v) is 6.67. The second-order valence-electron chi connectivity index (χ2n) is 6.39. The van der Waals surface area contributed by atoms with Gasteiger partial charge in [0.1, 0.15) is 6.04 Å². The van der Waals surface area contributed by atoms with Crippen LogP contribution in [0.15, 0.2) is 29.2 Å². The number of hydrogen-bond acceptors (Lipinski definition) is 5. The van der Waals surface area contributed by atoms with Gasteiger partial charge in [0.2, 0.25) is 10.0 Å². The molecule has 0 saturated carbocycles. The van der Waals surface area contributed by atoms with E-state index < -0.39 is 22.0 Å². The molecule has 2 fully saturated rings. The first kappa shape index (κ1) is 18.8. The van der Waals surface area contributed by atoms with Gasteiger partial charge in [-0.3, -0.25) is 9.59 Å². The Bertz CT molecular complexity index is 771. The van der Waals surface area contributed by atoms with E-state index in [4.69, 9.17) is 4.74 Å². The Morgan fingerprint density at radius 3 is 2.31 bits per heavy atom. The molecule has 2 aliphatic heterocycles. The van der Waals surface area contributed by atoms with Gasteiger partial charge in [0.05, 0.1) is 18.1 Å². The molecule has 2 aliphatic rings. The minimum Gasteiger partial charge on any atom is -0.480 e. The summed E-state index contributed by atoms with van der Waals surface area (Å²) >= 11 is 0. The van der Waals surface area contributed by atoms with Gasteiger partial charge in [0.15, 0.2) is 0 Å². The van der Waals surface area contributed by atoms with Crippen LogP contribution in [0.25, 0.3) is 0 Å². The number of nitrogens with zero attached hydrogens (tertiary/aromatic N) is 2. The molecule has 0 bridgehead atoms. The zero-order valence-electron chi connectivity index (χ0n) is 14.3. The quantitative estimate of drug-likeness (QED) is 0.826. The highest BCUT2D eigenvalue weighted by atomic mass is 32.2. The lowest BCUT2D eigenvalue weighted by atomic mass is 10.1. The largest absolute Gasteiger partial charge is 0.480 e. The summed E-state index contributed by atoms with van der Waals surface area (Å²) in [5.41, 5.74) is 0.402. The summed E-state index contributed by atoms with van der Waals surface area (Å²) in [6, 6.07) is 4.66. The highest BCUT2D eigenvalue weighted by Gasteiger charge is 2.37. The molecule has 1 aromatic carbocycles. The zero-order valence-corrected chi connectivity index (χ0v) is 15.2. The number of hydrogen-bond donors (Lipinski definition) is 1. The van der Waals surface area contributed by atoms with Crippen molar-refractivity contribution in [1.82, 2.24) is 9.21 Å². The summed E-state index contributed by atoms with van der Waals surface area (Å²) in [5.74, 6) is -1.30. The number of aliphatic carboxylic acids is 1. The first-order valence-corrected chi connectivity index (χ1v) is 10.1. The Kier molecular flexibility index (Phi) is 5.59. The van der Waals surface area contributed by atoms with Crippen molar-refractivity contribution in [2.75, 3.05) is 32.8 Å². The fourth-order valence-electron chi connectivity index (χ4n) is 3.29. The number of rotatable bonds is 4. The first-order chi connectivity index (χ1) is 12.4. The molecule has 0 aromatic heterocycles. The third kappa shape index (κ3) is 3.74. The molecular weight excluding hydrogens is 360 g/mol. The first-order valence-electron chi connectivity index (χ1n) is 8.63. The van der Waals surface area contributed by atoms with Crippen LogP contribution in [0.3, 0.4) is 0 Å². The van der Waals surface area contributed by atoms with Crippen molar-refractivity contribution in [2.45, 2.75) is 30.2 Å². The number of ether oxygens (including phenoxy) is 1. The van der Waals surface area contributed by atoms with E-state index in [2.05, 4.69) is 0 Å². The Labute approximate surface area is 152 Å². The van der Waals surface area contributed by atoms with Crippen molar-refractivity contribution in [2.24, 2.45) is 0 Å². The molecule has 0 radical (unpaired) electrons. The lowest BCUT2D eigenvalue weighted by Gasteiger charge is -2.32. The highest BCUT2D eigenvalue weighted by molar-refractivity contribution is 7.89. The van der Waals surface area contributed by atoms with Gasteiger partial charge in [-0.1, -0.05) is 0 Å². The van der Waals surface area contributed by atoms with Crippen LogP contribution in [0.4, 0.5) is 0 Å². The fraction of sp³-hybridized carbons (Fsp3) is 0.529. The van der Waals surface area contributed by atoms with E-state index in [0.717, 1.165) is 4.31 Å². The average molecular weight is 382 g/mol. The molecule has 1 aromatic rings. The van der Waals surface area contributed by atoms with Crippen molar-refractivity contribution in [3.05, 3.63) is 29.8 Å². The van der Waals surface area contributed by atoms with Gasteiger partial charge in [0, 0.05) is 25.2 Å². The van der Waals surface area contributed by atoms with E-state index in [-0.39, 0.29) is 17.3 Å². The van der Waals surface area contributed by atoms with Gasteiger partial charge in [0.25, 0.3) is 5.91 Å². The van der Waals surface area contributed by atoms with Crippen molar-refractivity contribution in [3.63, 3.8) is 0 Å². The number of carbonyl (C=O) groups is 2. The summed E-state index contributed by atoms with van der Waals surface area (Å²) in [6.07, 6.45) is 1.63. The molecule has 0 spiro atoms. The average Bonchev–Trinajstić information content (AvgIpc) is 2.68. The Morgan fingerprint density at radius 2 is 1.69 bits per heavy atom. The molecular formula is C17H22N2O6S. The summed E-state index contributed by atoms with van der Waals surface area (Å²) in [6.45, 7) is 2.18. The Hall–Kier alpha value is -1.97. The van der Waals surface area contributed by atoms with E-state index in [0.29, 0.717) is 51.1 Å². The van der Waals surface area contributed by atoms with Crippen molar-refractivity contribution in [1.29, 1.82) is 0 Å². The molecule has 1 unspecified atom stereocenters. The molecule has 1 amide bonds. The van der Waals surface area contributed by atoms with Crippen LogP contribution in [-0.2, 0) is 19.6 Å². The maximum Gasteiger partial charge on any atom is 0.322 e. The van der Waals surface area contributed by atoms with Crippen LogP contribution in [0.1, 0.15) is 29.6 Å². The molecule has 1 N–H and O–H groups in total. The van der Waals surface area contributed by atoms with E-state index in [1.807, 2.05) is 0 Å². The molecule has 3 rings (SSSR count). The second kappa shape index (κ2) is 7.73. The van der Waals surface area contributed by atoms with Crippen molar-refractivity contribution in [3.8, 4) is 0 Å². The molecule has 8 nitrogen and oxygen atoms in total. The number of benzene rings is 1. The van der Waals surface area contributed by atoms with Gasteiger partial charge < -0.3 is 14.7 Å². The molecule has 142 valence electrons. The predicted octanol–water partition coefficient (Wildman–Crippen LogP) is 0.787. The number of amides is 1. The highest BCUT2D eigenvalue weighted by Crippen LogP contribution is 2.26.